The number of nitro benzene ring substituents is 1. The van der Waals surface area contributed by atoms with Crippen LogP contribution in [-0.4, -0.2) is 22.8 Å². The molecule has 0 saturated heterocycles. The molecule has 2 amide bonds. The van der Waals surface area contributed by atoms with Crippen LogP contribution in [0.4, 0.5) is 11.4 Å². The number of carbonyl (C=O) groups excluding carboxylic acids is 2. The Kier molecular flexibility index (Phi) is 5.49. The number of hydrogen-bond donors (Lipinski definition) is 2. The van der Waals surface area contributed by atoms with Crippen LogP contribution in [0.1, 0.15) is 40.1 Å². The normalized spacial score (nSPS) is 10.4. The molecule has 0 aliphatic heterocycles. The maximum atomic E-state index is 12.5. The van der Waals surface area contributed by atoms with Gasteiger partial charge in [0, 0.05) is 23.7 Å². The number of rotatable bonds is 5. The largest absolute Gasteiger partial charge is 0.350 e. The molecule has 130 valence electrons. The summed E-state index contributed by atoms with van der Waals surface area (Å²) in [6.45, 7) is 5.32. The molecule has 0 aliphatic carbocycles. The van der Waals surface area contributed by atoms with Gasteiger partial charge in [0.25, 0.3) is 17.5 Å². The van der Waals surface area contributed by atoms with Gasteiger partial charge in [-0.05, 0) is 44.5 Å². The molecule has 0 unspecified atom stereocenters. The van der Waals surface area contributed by atoms with E-state index in [1.54, 1.807) is 31.2 Å². The highest BCUT2D eigenvalue weighted by atomic mass is 16.6. The number of para-hydroxylation sites is 1. The Morgan fingerprint density at radius 1 is 1.04 bits per heavy atom. The maximum absolute atomic E-state index is 12.5. The standard InChI is InChI=1S/C18H19N3O4/c1-11(2)19-18(23)15-6-4-5-7-16(15)20-17(22)14-9-8-13(21(24)25)10-12(14)3/h4-11H,1-3H3,(H,19,23)(H,20,22). The van der Waals surface area contributed by atoms with Gasteiger partial charge >= 0.3 is 0 Å². The van der Waals surface area contributed by atoms with Crippen molar-refractivity contribution in [1.82, 2.24) is 5.32 Å². The van der Waals surface area contributed by atoms with Crippen molar-refractivity contribution in [2.45, 2.75) is 26.8 Å². The van der Waals surface area contributed by atoms with E-state index in [1.807, 2.05) is 13.8 Å². The monoisotopic (exact) mass is 341 g/mol. The van der Waals surface area contributed by atoms with Gasteiger partial charge in [-0.15, -0.1) is 0 Å². The van der Waals surface area contributed by atoms with Crippen LogP contribution >= 0.6 is 0 Å². The minimum atomic E-state index is -0.514. The van der Waals surface area contributed by atoms with E-state index >= 15 is 0 Å². The van der Waals surface area contributed by atoms with E-state index < -0.39 is 10.8 Å². The Labute approximate surface area is 145 Å². The predicted molar refractivity (Wildman–Crippen MR) is 94.8 cm³/mol. The fourth-order valence-corrected chi connectivity index (χ4v) is 2.34. The molecule has 2 N–H and O–H groups in total. The Morgan fingerprint density at radius 2 is 1.72 bits per heavy atom. The summed E-state index contributed by atoms with van der Waals surface area (Å²) in [4.78, 5) is 35.0. The SMILES string of the molecule is Cc1cc([N+](=O)[O-])ccc1C(=O)Nc1ccccc1C(=O)NC(C)C. The van der Waals surface area contributed by atoms with Crippen LogP contribution in [0.2, 0.25) is 0 Å². The number of amides is 2. The van der Waals surface area contributed by atoms with Gasteiger partial charge in [0.05, 0.1) is 16.2 Å². The fraction of sp³-hybridized carbons (Fsp3) is 0.222. The Balaban J connectivity index is 2.27. The number of carbonyl (C=O) groups is 2. The highest BCUT2D eigenvalue weighted by Crippen LogP contribution is 2.20. The molecule has 0 aliphatic rings. The minimum Gasteiger partial charge on any atom is -0.350 e. The van der Waals surface area contributed by atoms with Crippen LogP contribution in [0.15, 0.2) is 42.5 Å². The third-order valence-electron chi connectivity index (χ3n) is 3.51. The summed E-state index contributed by atoms with van der Waals surface area (Å²) in [5.74, 6) is -0.719. The number of benzene rings is 2. The molecular formula is C18H19N3O4. The molecule has 0 saturated carbocycles. The molecule has 2 rings (SSSR count). The van der Waals surface area contributed by atoms with E-state index in [1.165, 1.54) is 18.2 Å². The lowest BCUT2D eigenvalue weighted by Crippen LogP contribution is -2.31. The van der Waals surface area contributed by atoms with E-state index in [9.17, 15) is 19.7 Å². The third-order valence-corrected chi connectivity index (χ3v) is 3.51. The first-order valence-corrected chi connectivity index (χ1v) is 7.76. The van der Waals surface area contributed by atoms with Crippen molar-refractivity contribution in [3.05, 3.63) is 69.3 Å². The molecule has 7 heteroatoms. The van der Waals surface area contributed by atoms with Crippen LogP contribution in [-0.2, 0) is 0 Å². The molecule has 0 radical (unpaired) electrons. The third kappa shape index (κ3) is 4.41. The molecule has 2 aromatic rings. The predicted octanol–water partition coefficient (Wildman–Crippen LogP) is 3.29. The molecule has 7 nitrogen and oxygen atoms in total. The summed E-state index contributed by atoms with van der Waals surface area (Å²) in [7, 11) is 0. The second-order valence-corrected chi connectivity index (χ2v) is 5.88. The van der Waals surface area contributed by atoms with Crippen molar-refractivity contribution >= 4 is 23.2 Å². The molecule has 0 bridgehead atoms. The molecule has 0 atom stereocenters. The van der Waals surface area contributed by atoms with E-state index in [2.05, 4.69) is 10.6 Å². The molecule has 2 aromatic carbocycles. The summed E-state index contributed by atoms with van der Waals surface area (Å²) in [5, 5.41) is 16.3. The van der Waals surface area contributed by atoms with Crippen LogP contribution < -0.4 is 10.6 Å². The zero-order valence-corrected chi connectivity index (χ0v) is 14.2. The van der Waals surface area contributed by atoms with Crippen molar-refractivity contribution in [2.75, 3.05) is 5.32 Å². The fourth-order valence-electron chi connectivity index (χ4n) is 2.34. The lowest BCUT2D eigenvalue weighted by atomic mass is 10.1. The highest BCUT2D eigenvalue weighted by molar-refractivity contribution is 6.09. The molecule has 0 fully saturated rings. The number of anilines is 1. The first-order chi connectivity index (χ1) is 11.8. The first kappa shape index (κ1) is 18.1. The number of non-ortho nitro benzene ring substituents is 1. The number of nitrogens with zero attached hydrogens (tertiary/aromatic N) is 1. The average Bonchev–Trinajstić information content (AvgIpc) is 2.54. The summed E-state index contributed by atoms with van der Waals surface area (Å²) in [5.41, 5.74) is 1.44. The van der Waals surface area contributed by atoms with Crippen LogP contribution in [0.5, 0.6) is 0 Å². The lowest BCUT2D eigenvalue weighted by molar-refractivity contribution is -0.384. The minimum absolute atomic E-state index is 0.0341. The molecule has 25 heavy (non-hydrogen) atoms. The van der Waals surface area contributed by atoms with Gasteiger partial charge in [0.2, 0.25) is 0 Å². The molecular weight excluding hydrogens is 322 g/mol. The Hall–Kier alpha value is -3.22. The zero-order chi connectivity index (χ0) is 18.6. The second-order valence-electron chi connectivity index (χ2n) is 5.88. The number of nitro groups is 1. The van der Waals surface area contributed by atoms with Crippen molar-refractivity contribution < 1.29 is 14.5 Å². The summed E-state index contributed by atoms with van der Waals surface area (Å²) in [6.07, 6.45) is 0. The molecule has 0 aromatic heterocycles. The average molecular weight is 341 g/mol. The zero-order valence-electron chi connectivity index (χ0n) is 14.2. The van der Waals surface area contributed by atoms with E-state index in [-0.39, 0.29) is 17.6 Å². The highest BCUT2D eigenvalue weighted by Gasteiger charge is 2.17. The van der Waals surface area contributed by atoms with Crippen LogP contribution in [0, 0.1) is 17.0 Å². The summed E-state index contributed by atoms with van der Waals surface area (Å²) in [6, 6.07) is 10.7. The van der Waals surface area contributed by atoms with Crippen molar-refractivity contribution in [3.63, 3.8) is 0 Å². The van der Waals surface area contributed by atoms with Gasteiger partial charge < -0.3 is 10.6 Å². The van der Waals surface area contributed by atoms with E-state index in [0.717, 1.165) is 0 Å². The number of aryl methyl sites for hydroxylation is 1. The quantitative estimate of drug-likeness (QED) is 0.643. The number of hydrogen-bond acceptors (Lipinski definition) is 4. The van der Waals surface area contributed by atoms with Crippen molar-refractivity contribution in [3.8, 4) is 0 Å². The van der Waals surface area contributed by atoms with Gasteiger partial charge in [0.1, 0.15) is 0 Å². The second kappa shape index (κ2) is 7.57. The maximum Gasteiger partial charge on any atom is 0.269 e. The smallest absolute Gasteiger partial charge is 0.269 e. The van der Waals surface area contributed by atoms with E-state index in [0.29, 0.717) is 22.4 Å². The summed E-state index contributed by atoms with van der Waals surface area (Å²) < 4.78 is 0. The van der Waals surface area contributed by atoms with Gasteiger partial charge in [-0.1, -0.05) is 12.1 Å². The lowest BCUT2D eigenvalue weighted by Gasteiger charge is -2.13. The van der Waals surface area contributed by atoms with Gasteiger partial charge in [-0.25, -0.2) is 0 Å². The Morgan fingerprint density at radius 3 is 2.32 bits per heavy atom. The summed E-state index contributed by atoms with van der Waals surface area (Å²) >= 11 is 0. The Bertz CT molecular complexity index is 831. The molecule has 0 spiro atoms. The first-order valence-electron chi connectivity index (χ1n) is 7.76. The van der Waals surface area contributed by atoms with Crippen molar-refractivity contribution in [2.24, 2.45) is 0 Å². The van der Waals surface area contributed by atoms with E-state index in [4.69, 9.17) is 0 Å². The number of nitrogens with one attached hydrogen (secondary N) is 2. The van der Waals surface area contributed by atoms with Crippen LogP contribution in [0.25, 0.3) is 0 Å². The topological polar surface area (TPSA) is 101 Å². The molecule has 0 heterocycles. The van der Waals surface area contributed by atoms with Gasteiger partial charge in [-0.3, -0.25) is 19.7 Å². The van der Waals surface area contributed by atoms with Crippen molar-refractivity contribution in [1.29, 1.82) is 0 Å². The van der Waals surface area contributed by atoms with Gasteiger partial charge in [-0.2, -0.15) is 0 Å². The van der Waals surface area contributed by atoms with Crippen LogP contribution in [0.3, 0.4) is 0 Å². The van der Waals surface area contributed by atoms with Gasteiger partial charge in [0.15, 0.2) is 0 Å².